The summed E-state index contributed by atoms with van der Waals surface area (Å²) in [6.07, 6.45) is 1.41. The van der Waals surface area contributed by atoms with E-state index in [4.69, 9.17) is 0 Å². The molecule has 9 heteroatoms. The molecule has 1 aliphatic rings. The van der Waals surface area contributed by atoms with E-state index in [1.807, 2.05) is 6.07 Å². The lowest BCUT2D eigenvalue weighted by Crippen LogP contribution is -2.33. The lowest BCUT2D eigenvalue weighted by Gasteiger charge is -2.23. The number of rotatable bonds is 7. The number of hydrogen-bond acceptors (Lipinski definition) is 5. The van der Waals surface area contributed by atoms with Gasteiger partial charge in [-0.15, -0.1) is 0 Å². The quantitative estimate of drug-likeness (QED) is 0.513. The third-order valence-corrected chi connectivity index (χ3v) is 7.26. The molecule has 2 heterocycles. The van der Waals surface area contributed by atoms with Crippen molar-refractivity contribution in [3.05, 3.63) is 95.1 Å². The van der Waals surface area contributed by atoms with Crippen LogP contribution in [-0.4, -0.2) is 41.0 Å². The number of hydrogen-bond donors (Lipinski definition) is 0. The van der Waals surface area contributed by atoms with Gasteiger partial charge >= 0.3 is 0 Å². The molecule has 0 N–H and O–H groups in total. The number of halogens is 1. The maximum Gasteiger partial charge on any atom is 0.280 e. The second-order valence-electron chi connectivity index (χ2n) is 7.26. The molecule has 1 aliphatic heterocycles. The highest BCUT2D eigenvalue weighted by molar-refractivity contribution is 7.89. The van der Waals surface area contributed by atoms with E-state index in [-0.39, 0.29) is 41.4 Å². The monoisotopic (exact) mass is 453 g/mol. The Morgan fingerprint density at radius 2 is 1.75 bits per heavy atom. The van der Waals surface area contributed by atoms with E-state index >= 15 is 0 Å². The Bertz CT molecular complexity index is 1260. The normalized spacial score (nSPS) is 13.7. The fourth-order valence-electron chi connectivity index (χ4n) is 3.62. The van der Waals surface area contributed by atoms with Crippen LogP contribution in [0, 0.1) is 5.82 Å². The van der Waals surface area contributed by atoms with E-state index in [0.29, 0.717) is 0 Å². The molecule has 0 aliphatic carbocycles. The molecule has 32 heavy (non-hydrogen) atoms. The molecule has 0 saturated carbocycles. The van der Waals surface area contributed by atoms with E-state index in [9.17, 15) is 22.4 Å². The minimum Gasteiger partial charge on any atom is -0.268 e. The second-order valence-corrected chi connectivity index (χ2v) is 9.17. The minimum atomic E-state index is -4.12. The summed E-state index contributed by atoms with van der Waals surface area (Å²) in [5.41, 5.74) is 1.10. The van der Waals surface area contributed by atoms with Gasteiger partial charge in [0.2, 0.25) is 10.0 Å². The first kappa shape index (κ1) is 21.8. The fourth-order valence-corrected chi connectivity index (χ4v) is 5.28. The Hall–Kier alpha value is -3.43. The highest BCUT2D eigenvalue weighted by atomic mass is 32.2. The van der Waals surface area contributed by atoms with E-state index in [2.05, 4.69) is 4.98 Å². The second kappa shape index (κ2) is 8.60. The summed E-state index contributed by atoms with van der Waals surface area (Å²) < 4.78 is 42.2. The van der Waals surface area contributed by atoms with Gasteiger partial charge in [-0.3, -0.25) is 19.5 Å². The molecule has 3 aromatic rings. The van der Waals surface area contributed by atoms with Crippen molar-refractivity contribution in [3.8, 4) is 0 Å². The molecule has 1 aromatic heterocycles. The van der Waals surface area contributed by atoms with Crippen LogP contribution in [0.25, 0.3) is 0 Å². The van der Waals surface area contributed by atoms with Crippen LogP contribution in [-0.2, 0) is 23.1 Å². The molecule has 0 fully saturated rings. The zero-order valence-electron chi connectivity index (χ0n) is 17.2. The average molecular weight is 453 g/mol. The highest BCUT2D eigenvalue weighted by Gasteiger charge is 2.38. The van der Waals surface area contributed by atoms with Gasteiger partial charge < -0.3 is 0 Å². The van der Waals surface area contributed by atoms with Gasteiger partial charge in [-0.1, -0.05) is 43.3 Å². The SMILES string of the molecule is CCN(Cc1ccccc1)S(=O)(=O)c1cc(F)ccc1CN1C(=O)c2cccnc2C1=O. The van der Waals surface area contributed by atoms with E-state index < -0.39 is 27.7 Å². The van der Waals surface area contributed by atoms with Crippen molar-refractivity contribution < 1.29 is 22.4 Å². The van der Waals surface area contributed by atoms with Gasteiger partial charge in [0.15, 0.2) is 0 Å². The third kappa shape index (κ3) is 3.92. The van der Waals surface area contributed by atoms with Crippen molar-refractivity contribution in [2.75, 3.05) is 6.54 Å². The van der Waals surface area contributed by atoms with Crippen LogP contribution in [0.3, 0.4) is 0 Å². The summed E-state index contributed by atoms with van der Waals surface area (Å²) in [5, 5.41) is 0. The van der Waals surface area contributed by atoms with Gasteiger partial charge in [0.05, 0.1) is 17.0 Å². The molecule has 0 bridgehead atoms. The van der Waals surface area contributed by atoms with Crippen molar-refractivity contribution in [3.63, 3.8) is 0 Å². The molecule has 4 rings (SSSR count). The van der Waals surface area contributed by atoms with Crippen molar-refractivity contribution in [1.82, 2.24) is 14.2 Å². The Kier molecular flexibility index (Phi) is 5.86. The Labute approximate surface area is 185 Å². The minimum absolute atomic E-state index is 0.0169. The number of nitrogens with zero attached hydrogens (tertiary/aromatic N) is 3. The van der Waals surface area contributed by atoms with E-state index in [1.165, 1.54) is 22.6 Å². The lowest BCUT2D eigenvalue weighted by molar-refractivity contribution is 0.0639. The predicted molar refractivity (Wildman–Crippen MR) is 115 cm³/mol. The maximum atomic E-state index is 14.1. The summed E-state index contributed by atoms with van der Waals surface area (Å²) >= 11 is 0. The van der Waals surface area contributed by atoms with Gasteiger partial charge in [0, 0.05) is 19.3 Å². The molecule has 0 radical (unpaired) electrons. The van der Waals surface area contributed by atoms with Gasteiger partial charge in [-0.05, 0) is 35.4 Å². The molecule has 7 nitrogen and oxygen atoms in total. The van der Waals surface area contributed by atoms with Crippen LogP contribution in [0.4, 0.5) is 4.39 Å². The first-order chi connectivity index (χ1) is 15.3. The van der Waals surface area contributed by atoms with Crippen LogP contribution in [0.1, 0.15) is 38.9 Å². The molecule has 0 unspecified atom stereocenters. The molecule has 2 amide bonds. The summed E-state index contributed by atoms with van der Waals surface area (Å²) in [6.45, 7) is 1.64. The predicted octanol–water partition coefficient (Wildman–Crippen LogP) is 3.23. The number of benzene rings is 2. The summed E-state index contributed by atoms with van der Waals surface area (Å²) in [4.78, 5) is 30.0. The highest BCUT2D eigenvalue weighted by Crippen LogP contribution is 2.28. The van der Waals surface area contributed by atoms with Crippen LogP contribution < -0.4 is 0 Å². The Morgan fingerprint density at radius 1 is 1.00 bits per heavy atom. The zero-order chi connectivity index (χ0) is 22.9. The number of amides is 2. The number of fused-ring (bicyclic) bond motifs is 1. The molecule has 164 valence electrons. The van der Waals surface area contributed by atoms with Gasteiger partial charge in [0.25, 0.3) is 11.8 Å². The topological polar surface area (TPSA) is 87.7 Å². The first-order valence-electron chi connectivity index (χ1n) is 9.96. The van der Waals surface area contributed by atoms with Gasteiger partial charge in [-0.2, -0.15) is 4.31 Å². The fraction of sp³-hybridized carbons (Fsp3) is 0.174. The number of carbonyl (C=O) groups is 2. The zero-order valence-corrected chi connectivity index (χ0v) is 18.0. The standard InChI is InChI=1S/C23H20FN3O4S/c1-2-26(14-16-7-4-3-5-8-16)32(30,31)20-13-18(24)11-10-17(20)15-27-22(28)19-9-6-12-25-21(19)23(27)29/h3-13H,2,14-15H2,1H3. The Morgan fingerprint density at radius 3 is 2.44 bits per heavy atom. The number of carbonyl (C=O) groups excluding carboxylic acids is 2. The molecule has 0 atom stereocenters. The van der Waals surface area contributed by atoms with Crippen LogP contribution in [0.15, 0.2) is 71.8 Å². The number of imide groups is 1. The number of sulfonamides is 1. The number of pyridine rings is 1. The average Bonchev–Trinajstić information content (AvgIpc) is 3.04. The molecule has 0 saturated heterocycles. The molecular formula is C23H20FN3O4S. The summed E-state index contributed by atoms with van der Waals surface area (Å²) in [6, 6.07) is 15.4. The van der Waals surface area contributed by atoms with Crippen LogP contribution in [0.2, 0.25) is 0 Å². The van der Waals surface area contributed by atoms with Crippen LogP contribution >= 0.6 is 0 Å². The van der Waals surface area contributed by atoms with Crippen molar-refractivity contribution in [2.24, 2.45) is 0 Å². The van der Waals surface area contributed by atoms with E-state index in [1.54, 1.807) is 37.3 Å². The third-order valence-electron chi connectivity index (χ3n) is 5.26. The van der Waals surface area contributed by atoms with E-state index in [0.717, 1.165) is 22.6 Å². The number of aromatic nitrogens is 1. The molecule has 0 spiro atoms. The van der Waals surface area contributed by atoms with Crippen molar-refractivity contribution >= 4 is 21.8 Å². The van der Waals surface area contributed by atoms with Gasteiger partial charge in [0.1, 0.15) is 11.5 Å². The Balaban J connectivity index is 1.69. The van der Waals surface area contributed by atoms with Crippen molar-refractivity contribution in [1.29, 1.82) is 0 Å². The molecule has 2 aromatic carbocycles. The largest absolute Gasteiger partial charge is 0.280 e. The van der Waals surface area contributed by atoms with Crippen LogP contribution in [0.5, 0.6) is 0 Å². The smallest absolute Gasteiger partial charge is 0.268 e. The lowest BCUT2D eigenvalue weighted by atomic mass is 10.2. The summed E-state index contributed by atoms with van der Waals surface area (Å²) in [5.74, 6) is -1.91. The maximum absolute atomic E-state index is 14.1. The molecular weight excluding hydrogens is 433 g/mol. The van der Waals surface area contributed by atoms with Gasteiger partial charge in [-0.25, -0.2) is 12.8 Å². The van der Waals surface area contributed by atoms with Crippen molar-refractivity contribution in [2.45, 2.75) is 24.9 Å². The first-order valence-corrected chi connectivity index (χ1v) is 11.4. The summed E-state index contributed by atoms with van der Waals surface area (Å²) in [7, 11) is -4.12.